The summed E-state index contributed by atoms with van der Waals surface area (Å²) in [6, 6.07) is 2.63. The Kier molecular flexibility index (Phi) is 6.34. The summed E-state index contributed by atoms with van der Waals surface area (Å²) in [4.78, 5) is 25.3. The number of fused-ring (bicyclic) bond motifs is 1. The average molecular weight is 507 g/mol. The van der Waals surface area contributed by atoms with Gasteiger partial charge in [0, 0.05) is 45.5 Å². The van der Waals surface area contributed by atoms with E-state index in [2.05, 4.69) is 25.4 Å². The molecule has 0 radical (unpaired) electrons. The highest BCUT2D eigenvalue weighted by molar-refractivity contribution is 7.15. The first-order valence-corrected chi connectivity index (χ1v) is 11.4. The number of hydrogen-bond acceptors (Lipinski definition) is 6. The Balaban J connectivity index is 1.69. The van der Waals surface area contributed by atoms with E-state index in [4.69, 9.17) is 0 Å². The van der Waals surface area contributed by atoms with Crippen molar-refractivity contribution in [3.63, 3.8) is 0 Å². The first kappa shape index (κ1) is 24.7. The highest BCUT2D eigenvalue weighted by Gasteiger charge is 2.34. The Morgan fingerprint density at radius 1 is 1.09 bits per heavy atom. The van der Waals surface area contributed by atoms with Crippen LogP contribution in [-0.4, -0.2) is 36.3 Å². The van der Waals surface area contributed by atoms with Crippen molar-refractivity contribution in [1.29, 1.82) is 0 Å². The van der Waals surface area contributed by atoms with E-state index in [0.717, 1.165) is 22.7 Å². The minimum Gasteiger partial charge on any atom is -0.345 e. The monoisotopic (exact) mass is 506 g/mol. The van der Waals surface area contributed by atoms with Crippen molar-refractivity contribution in [2.75, 3.05) is 0 Å². The van der Waals surface area contributed by atoms with Crippen LogP contribution in [0.25, 0.3) is 21.5 Å². The number of carbonyl (C=O) groups is 1. The molecule has 4 rings (SSSR count). The summed E-state index contributed by atoms with van der Waals surface area (Å²) in [7, 11) is 0. The molecule has 3 aromatic heterocycles. The summed E-state index contributed by atoms with van der Waals surface area (Å²) in [5, 5.41) is 8.49. The molecule has 1 unspecified atom stereocenters. The number of halogens is 4. The zero-order chi connectivity index (χ0) is 25.5. The van der Waals surface area contributed by atoms with Crippen LogP contribution in [0.5, 0.6) is 0 Å². The van der Waals surface area contributed by atoms with Gasteiger partial charge in [0.15, 0.2) is 0 Å². The van der Waals surface area contributed by atoms with Crippen molar-refractivity contribution in [2.45, 2.75) is 52.1 Å². The lowest BCUT2D eigenvalue weighted by Crippen LogP contribution is -2.27. The van der Waals surface area contributed by atoms with Gasteiger partial charge in [-0.25, -0.2) is 19.3 Å². The van der Waals surface area contributed by atoms with Crippen molar-refractivity contribution >= 4 is 28.1 Å². The van der Waals surface area contributed by atoms with Gasteiger partial charge in [-0.1, -0.05) is 0 Å². The summed E-state index contributed by atoms with van der Waals surface area (Å²) in [5.41, 5.74) is 0.300. The molecular formula is C23H22F4N6OS. The maximum Gasteiger partial charge on any atom is 0.451 e. The van der Waals surface area contributed by atoms with Crippen LogP contribution in [0.4, 0.5) is 17.6 Å². The van der Waals surface area contributed by atoms with Crippen LogP contribution in [0.1, 0.15) is 53.4 Å². The summed E-state index contributed by atoms with van der Waals surface area (Å²) >= 11 is 1.45. The SMILES string of the molecule is Cc1cnc(-c2cc(C(=O)NC(C)c3cnc(C(F)(F)F)nc3)cc3c2cnn3CC(C)(C)F)s1. The first-order chi connectivity index (χ1) is 16.3. The van der Waals surface area contributed by atoms with Gasteiger partial charge >= 0.3 is 6.18 Å². The molecule has 12 heteroatoms. The van der Waals surface area contributed by atoms with Gasteiger partial charge in [0.05, 0.1) is 24.3 Å². The van der Waals surface area contributed by atoms with Crippen molar-refractivity contribution in [2.24, 2.45) is 0 Å². The maximum absolute atomic E-state index is 14.4. The van der Waals surface area contributed by atoms with Crippen LogP contribution in [0.15, 0.2) is 36.9 Å². The molecule has 0 saturated carbocycles. The molecule has 4 aromatic rings. The van der Waals surface area contributed by atoms with Crippen LogP contribution >= 0.6 is 11.3 Å². The lowest BCUT2D eigenvalue weighted by atomic mass is 10.0. The molecule has 1 amide bonds. The molecule has 1 N–H and O–H groups in total. The van der Waals surface area contributed by atoms with E-state index >= 15 is 0 Å². The number of aryl methyl sites for hydroxylation is 1. The number of aromatic nitrogens is 5. The lowest BCUT2D eigenvalue weighted by molar-refractivity contribution is -0.145. The predicted molar refractivity (Wildman–Crippen MR) is 124 cm³/mol. The van der Waals surface area contributed by atoms with Gasteiger partial charge in [-0.3, -0.25) is 9.48 Å². The molecule has 184 valence electrons. The van der Waals surface area contributed by atoms with E-state index in [0.29, 0.717) is 21.7 Å². The van der Waals surface area contributed by atoms with Gasteiger partial charge in [-0.15, -0.1) is 11.3 Å². The zero-order valence-corrected chi connectivity index (χ0v) is 20.1. The Bertz CT molecular complexity index is 1370. The van der Waals surface area contributed by atoms with Crippen molar-refractivity contribution < 1.29 is 22.4 Å². The number of hydrogen-bond donors (Lipinski definition) is 1. The predicted octanol–water partition coefficient (Wildman–Crippen LogP) is 5.52. The molecule has 3 heterocycles. The third-order valence-electron chi connectivity index (χ3n) is 5.18. The zero-order valence-electron chi connectivity index (χ0n) is 19.3. The van der Waals surface area contributed by atoms with E-state index in [1.807, 2.05) is 6.92 Å². The molecular weight excluding hydrogens is 484 g/mol. The number of benzene rings is 1. The van der Waals surface area contributed by atoms with Crippen LogP contribution in [0, 0.1) is 6.92 Å². The third-order valence-corrected chi connectivity index (χ3v) is 6.12. The molecule has 1 aromatic carbocycles. The number of carbonyl (C=O) groups excluding carboxylic acids is 1. The van der Waals surface area contributed by atoms with Crippen LogP contribution in [0.2, 0.25) is 0 Å². The van der Waals surface area contributed by atoms with Gasteiger partial charge in [0.25, 0.3) is 5.91 Å². The number of amides is 1. The minimum atomic E-state index is -4.65. The fourth-order valence-electron chi connectivity index (χ4n) is 3.52. The second-order valence-electron chi connectivity index (χ2n) is 8.79. The normalized spacial score (nSPS) is 13.3. The van der Waals surface area contributed by atoms with E-state index in [9.17, 15) is 22.4 Å². The van der Waals surface area contributed by atoms with Gasteiger partial charge < -0.3 is 5.32 Å². The minimum absolute atomic E-state index is 0.0167. The Hall–Kier alpha value is -3.41. The van der Waals surface area contributed by atoms with Crippen LogP contribution < -0.4 is 5.32 Å². The van der Waals surface area contributed by atoms with E-state index in [1.165, 1.54) is 29.9 Å². The van der Waals surface area contributed by atoms with Gasteiger partial charge in [0.2, 0.25) is 5.82 Å². The summed E-state index contributed by atoms with van der Waals surface area (Å²) in [6.45, 7) is 6.39. The van der Waals surface area contributed by atoms with Crippen LogP contribution in [-0.2, 0) is 12.7 Å². The lowest BCUT2D eigenvalue weighted by Gasteiger charge is -2.16. The summed E-state index contributed by atoms with van der Waals surface area (Å²) in [6.07, 6.45) is 0.762. The molecule has 0 fully saturated rings. The quantitative estimate of drug-likeness (QED) is 0.348. The topological polar surface area (TPSA) is 85.6 Å². The number of nitrogens with zero attached hydrogens (tertiary/aromatic N) is 5. The molecule has 35 heavy (non-hydrogen) atoms. The molecule has 0 aliphatic carbocycles. The largest absolute Gasteiger partial charge is 0.451 e. The molecule has 0 aliphatic rings. The molecule has 7 nitrogen and oxygen atoms in total. The summed E-state index contributed by atoms with van der Waals surface area (Å²) in [5.74, 6) is -1.72. The van der Waals surface area contributed by atoms with E-state index in [-0.39, 0.29) is 12.1 Å². The second kappa shape index (κ2) is 8.99. The highest BCUT2D eigenvalue weighted by Crippen LogP contribution is 2.34. The molecule has 0 bridgehead atoms. The molecule has 0 spiro atoms. The highest BCUT2D eigenvalue weighted by atomic mass is 32.1. The maximum atomic E-state index is 14.4. The van der Waals surface area contributed by atoms with E-state index < -0.39 is 29.6 Å². The molecule has 0 aliphatic heterocycles. The van der Waals surface area contributed by atoms with Crippen molar-refractivity contribution in [1.82, 2.24) is 30.0 Å². The smallest absolute Gasteiger partial charge is 0.345 e. The standard InChI is InChI=1S/C23H22F4N6OS/c1-12-7-28-20(35-12)16-5-14(6-18-17(16)10-31-33(18)11-22(3,4)24)19(34)32-13(2)15-8-29-21(30-9-15)23(25,26)27/h5-10,13H,11H2,1-4H3,(H,32,34). The van der Waals surface area contributed by atoms with Gasteiger partial charge in [0.1, 0.15) is 10.7 Å². The molecule has 0 saturated heterocycles. The summed E-state index contributed by atoms with van der Waals surface area (Å²) < 4.78 is 54.1. The number of thiazole rings is 1. The fraction of sp³-hybridized carbons (Fsp3) is 0.348. The van der Waals surface area contributed by atoms with Crippen molar-refractivity contribution in [3.8, 4) is 10.6 Å². The van der Waals surface area contributed by atoms with Gasteiger partial charge in [-0.2, -0.15) is 18.3 Å². The second-order valence-corrected chi connectivity index (χ2v) is 10.0. The Labute approximate surface area is 202 Å². The average Bonchev–Trinajstić information content (AvgIpc) is 3.37. The van der Waals surface area contributed by atoms with Crippen molar-refractivity contribution in [3.05, 3.63) is 58.7 Å². The number of rotatable bonds is 6. The number of nitrogens with one attached hydrogen (secondary N) is 1. The Morgan fingerprint density at radius 2 is 1.77 bits per heavy atom. The fourth-order valence-corrected chi connectivity index (χ4v) is 4.31. The van der Waals surface area contributed by atoms with Crippen LogP contribution in [0.3, 0.4) is 0 Å². The Morgan fingerprint density at radius 3 is 2.34 bits per heavy atom. The third kappa shape index (κ3) is 5.47. The number of alkyl halides is 4. The first-order valence-electron chi connectivity index (χ1n) is 10.6. The molecule has 1 atom stereocenters. The van der Waals surface area contributed by atoms with Gasteiger partial charge in [-0.05, 0) is 39.8 Å². The van der Waals surface area contributed by atoms with E-state index in [1.54, 1.807) is 31.5 Å².